The lowest BCUT2D eigenvalue weighted by Gasteiger charge is -2.21. The zero-order valence-corrected chi connectivity index (χ0v) is 14.1. The van der Waals surface area contributed by atoms with E-state index in [-0.39, 0.29) is 5.91 Å². The number of hydrogen-bond donors (Lipinski definition) is 1. The standard InChI is InChI=1S/C17H20N2O3S/c1-11-3-5-13(6-4-11)9-15-12(2)18-17(23-15)19-16(20)14-10-21-7-8-22-14/h3-6,14H,7-10H2,1-2H3,(H,18,19,20)/t14-/m0/s1. The van der Waals surface area contributed by atoms with Gasteiger partial charge in [-0.3, -0.25) is 10.1 Å². The zero-order chi connectivity index (χ0) is 16.2. The van der Waals surface area contributed by atoms with Gasteiger partial charge in [-0.1, -0.05) is 29.8 Å². The summed E-state index contributed by atoms with van der Waals surface area (Å²) in [5.41, 5.74) is 3.44. The van der Waals surface area contributed by atoms with Crippen LogP contribution in [0.1, 0.15) is 21.7 Å². The van der Waals surface area contributed by atoms with Crippen molar-refractivity contribution in [3.05, 3.63) is 46.0 Å². The lowest BCUT2D eigenvalue weighted by Crippen LogP contribution is -2.39. The number of hydrogen-bond acceptors (Lipinski definition) is 5. The number of nitrogens with zero attached hydrogens (tertiary/aromatic N) is 1. The van der Waals surface area contributed by atoms with Crippen molar-refractivity contribution in [2.75, 3.05) is 25.1 Å². The summed E-state index contributed by atoms with van der Waals surface area (Å²) in [5.74, 6) is -0.194. The highest BCUT2D eigenvalue weighted by Crippen LogP contribution is 2.25. The van der Waals surface area contributed by atoms with Crippen LogP contribution in [-0.4, -0.2) is 36.8 Å². The predicted molar refractivity (Wildman–Crippen MR) is 90.0 cm³/mol. The van der Waals surface area contributed by atoms with Gasteiger partial charge in [0.1, 0.15) is 0 Å². The Bertz CT molecular complexity index is 676. The van der Waals surface area contributed by atoms with Gasteiger partial charge in [-0.05, 0) is 19.4 Å². The van der Waals surface area contributed by atoms with Crippen LogP contribution in [0.15, 0.2) is 24.3 Å². The van der Waals surface area contributed by atoms with Gasteiger partial charge in [-0.15, -0.1) is 11.3 Å². The van der Waals surface area contributed by atoms with Crippen molar-refractivity contribution in [2.45, 2.75) is 26.4 Å². The largest absolute Gasteiger partial charge is 0.376 e. The molecule has 1 N–H and O–H groups in total. The van der Waals surface area contributed by atoms with Crippen molar-refractivity contribution in [2.24, 2.45) is 0 Å². The Morgan fingerprint density at radius 1 is 1.30 bits per heavy atom. The lowest BCUT2D eigenvalue weighted by molar-refractivity contribution is -0.142. The number of ether oxygens (including phenoxy) is 2. The zero-order valence-electron chi connectivity index (χ0n) is 13.3. The molecule has 3 rings (SSSR count). The molecule has 1 amide bonds. The monoisotopic (exact) mass is 332 g/mol. The number of aryl methyl sites for hydroxylation is 2. The van der Waals surface area contributed by atoms with E-state index >= 15 is 0 Å². The van der Waals surface area contributed by atoms with Crippen LogP contribution in [0.4, 0.5) is 5.13 Å². The number of anilines is 1. The lowest BCUT2D eigenvalue weighted by atomic mass is 10.1. The normalized spacial score (nSPS) is 17.9. The van der Waals surface area contributed by atoms with E-state index < -0.39 is 6.10 Å². The van der Waals surface area contributed by atoms with E-state index in [0.717, 1.165) is 17.0 Å². The highest BCUT2D eigenvalue weighted by molar-refractivity contribution is 7.15. The molecule has 6 heteroatoms. The molecule has 0 saturated carbocycles. The number of carbonyl (C=O) groups is 1. The third kappa shape index (κ3) is 4.16. The van der Waals surface area contributed by atoms with E-state index in [1.54, 1.807) is 0 Å². The summed E-state index contributed by atoms with van der Waals surface area (Å²) in [6.45, 7) is 5.34. The van der Waals surface area contributed by atoms with Crippen LogP contribution in [0.2, 0.25) is 0 Å². The summed E-state index contributed by atoms with van der Waals surface area (Å²) < 4.78 is 10.7. The quantitative estimate of drug-likeness (QED) is 0.935. The molecule has 0 radical (unpaired) electrons. The molecule has 1 fully saturated rings. The third-order valence-corrected chi connectivity index (χ3v) is 4.79. The molecule has 2 heterocycles. The van der Waals surface area contributed by atoms with Crippen LogP contribution in [0.5, 0.6) is 0 Å². The van der Waals surface area contributed by atoms with Crippen molar-refractivity contribution < 1.29 is 14.3 Å². The van der Waals surface area contributed by atoms with Gasteiger partial charge in [0.25, 0.3) is 5.91 Å². The minimum absolute atomic E-state index is 0.194. The number of rotatable bonds is 4. The molecule has 0 bridgehead atoms. The summed E-state index contributed by atoms with van der Waals surface area (Å²) >= 11 is 1.51. The summed E-state index contributed by atoms with van der Waals surface area (Å²) in [6, 6.07) is 8.46. The van der Waals surface area contributed by atoms with Gasteiger partial charge in [0.05, 0.1) is 25.5 Å². The molecule has 122 valence electrons. The van der Waals surface area contributed by atoms with Gasteiger partial charge in [0.15, 0.2) is 11.2 Å². The van der Waals surface area contributed by atoms with E-state index in [1.807, 2.05) is 6.92 Å². The minimum atomic E-state index is -0.548. The number of thiazole rings is 1. The highest BCUT2D eigenvalue weighted by Gasteiger charge is 2.23. The van der Waals surface area contributed by atoms with Gasteiger partial charge in [-0.25, -0.2) is 4.98 Å². The Hall–Kier alpha value is -1.76. The second-order valence-corrected chi connectivity index (χ2v) is 6.70. The number of aromatic nitrogens is 1. The Labute approximate surface area is 139 Å². The molecule has 23 heavy (non-hydrogen) atoms. The summed E-state index contributed by atoms with van der Waals surface area (Å²) in [4.78, 5) is 17.7. The molecule has 2 aromatic rings. The second kappa shape index (κ2) is 7.21. The number of carbonyl (C=O) groups excluding carboxylic acids is 1. The molecule has 1 saturated heterocycles. The topological polar surface area (TPSA) is 60.5 Å². The molecular formula is C17H20N2O3S. The van der Waals surface area contributed by atoms with E-state index in [1.165, 1.54) is 22.5 Å². The maximum Gasteiger partial charge on any atom is 0.257 e. The van der Waals surface area contributed by atoms with E-state index in [4.69, 9.17) is 9.47 Å². The first-order valence-electron chi connectivity index (χ1n) is 7.64. The van der Waals surface area contributed by atoms with E-state index in [0.29, 0.717) is 25.0 Å². The smallest absolute Gasteiger partial charge is 0.257 e. The van der Waals surface area contributed by atoms with Gasteiger partial charge in [0.2, 0.25) is 0 Å². The van der Waals surface area contributed by atoms with Crippen LogP contribution in [-0.2, 0) is 20.7 Å². The van der Waals surface area contributed by atoms with Gasteiger partial charge in [-0.2, -0.15) is 0 Å². The van der Waals surface area contributed by atoms with Crippen molar-refractivity contribution in [3.8, 4) is 0 Å². The number of amides is 1. The maximum atomic E-state index is 12.1. The van der Waals surface area contributed by atoms with Crippen LogP contribution in [0, 0.1) is 13.8 Å². The Balaban J connectivity index is 1.65. The third-order valence-electron chi connectivity index (χ3n) is 3.72. The maximum absolute atomic E-state index is 12.1. The molecule has 1 atom stereocenters. The number of nitrogens with one attached hydrogen (secondary N) is 1. The molecule has 1 aliphatic heterocycles. The molecule has 1 aliphatic rings. The van der Waals surface area contributed by atoms with Crippen LogP contribution in [0.25, 0.3) is 0 Å². The number of benzene rings is 1. The molecule has 1 aromatic heterocycles. The van der Waals surface area contributed by atoms with Gasteiger partial charge < -0.3 is 9.47 Å². The van der Waals surface area contributed by atoms with Gasteiger partial charge >= 0.3 is 0 Å². The molecule has 0 aliphatic carbocycles. The Morgan fingerprint density at radius 2 is 2.09 bits per heavy atom. The molecule has 1 aromatic carbocycles. The SMILES string of the molecule is Cc1ccc(Cc2sc(NC(=O)[C@@H]3COCCO3)nc2C)cc1. The van der Waals surface area contributed by atoms with Gasteiger partial charge in [0, 0.05) is 11.3 Å². The van der Waals surface area contributed by atoms with Crippen molar-refractivity contribution >= 4 is 22.4 Å². The second-order valence-electron chi connectivity index (χ2n) is 5.61. The van der Waals surface area contributed by atoms with Crippen molar-refractivity contribution in [1.29, 1.82) is 0 Å². The Kier molecular flexibility index (Phi) is 5.05. The first-order chi connectivity index (χ1) is 11.1. The minimum Gasteiger partial charge on any atom is -0.376 e. The first kappa shape index (κ1) is 16.1. The highest BCUT2D eigenvalue weighted by atomic mass is 32.1. The molecule has 0 unspecified atom stereocenters. The fourth-order valence-corrected chi connectivity index (χ4v) is 3.36. The summed E-state index contributed by atoms with van der Waals surface area (Å²) in [6.07, 6.45) is 0.274. The molecule has 5 nitrogen and oxygen atoms in total. The fourth-order valence-electron chi connectivity index (χ4n) is 2.36. The average Bonchev–Trinajstić information content (AvgIpc) is 2.90. The van der Waals surface area contributed by atoms with E-state index in [9.17, 15) is 4.79 Å². The first-order valence-corrected chi connectivity index (χ1v) is 8.45. The predicted octanol–water partition coefficient (Wildman–Crippen LogP) is 2.70. The van der Waals surface area contributed by atoms with Crippen molar-refractivity contribution in [1.82, 2.24) is 4.98 Å². The van der Waals surface area contributed by atoms with Crippen LogP contribution in [0.3, 0.4) is 0 Å². The Morgan fingerprint density at radius 3 is 2.78 bits per heavy atom. The van der Waals surface area contributed by atoms with Crippen molar-refractivity contribution in [3.63, 3.8) is 0 Å². The average molecular weight is 332 g/mol. The summed E-state index contributed by atoms with van der Waals surface area (Å²) in [5, 5.41) is 3.45. The summed E-state index contributed by atoms with van der Waals surface area (Å²) in [7, 11) is 0. The molecule has 0 spiro atoms. The van der Waals surface area contributed by atoms with Crippen LogP contribution < -0.4 is 5.32 Å². The fraction of sp³-hybridized carbons (Fsp3) is 0.412. The molecular weight excluding hydrogens is 312 g/mol. The van der Waals surface area contributed by atoms with E-state index in [2.05, 4.69) is 41.5 Å². The van der Waals surface area contributed by atoms with Crippen LogP contribution >= 0.6 is 11.3 Å².